The molecule has 172 valence electrons. The maximum Gasteiger partial charge on any atom is 0.309 e. The molecule has 1 aromatic carbocycles. The van der Waals surface area contributed by atoms with Gasteiger partial charge in [0.25, 0.3) is 5.91 Å². The minimum absolute atomic E-state index is 0.271. The number of sulfonamides is 1. The van der Waals surface area contributed by atoms with Crippen molar-refractivity contribution in [3.05, 3.63) is 29.3 Å². The number of rotatable bonds is 7. The monoisotopic (exact) mass is 450 g/mol. The summed E-state index contributed by atoms with van der Waals surface area (Å²) in [6.07, 6.45) is 4.11. The van der Waals surface area contributed by atoms with Gasteiger partial charge in [0.15, 0.2) is 6.10 Å². The van der Waals surface area contributed by atoms with E-state index in [1.165, 1.54) is 9.87 Å². The van der Waals surface area contributed by atoms with Crippen molar-refractivity contribution in [2.45, 2.75) is 70.3 Å². The molecule has 0 saturated carbocycles. The molecular weight excluding hydrogens is 416 g/mol. The van der Waals surface area contributed by atoms with Gasteiger partial charge >= 0.3 is 5.97 Å². The molecule has 1 heterocycles. The van der Waals surface area contributed by atoms with Crippen LogP contribution >= 0.6 is 0 Å². The minimum atomic E-state index is -3.58. The zero-order chi connectivity index (χ0) is 22.6. The molecule has 1 saturated heterocycles. The predicted molar refractivity (Wildman–Crippen MR) is 118 cm³/mol. The third-order valence-electron chi connectivity index (χ3n) is 6.09. The van der Waals surface area contributed by atoms with E-state index in [1.54, 1.807) is 13.0 Å². The summed E-state index contributed by atoms with van der Waals surface area (Å²) in [7, 11) is -3.58. The van der Waals surface area contributed by atoms with Crippen LogP contribution in [0.25, 0.3) is 0 Å². The number of piperidine rings is 1. The first-order valence-corrected chi connectivity index (χ1v) is 12.7. The van der Waals surface area contributed by atoms with Gasteiger partial charge in [0.05, 0.1) is 10.8 Å². The number of carbonyl (C=O) groups is 2. The van der Waals surface area contributed by atoms with Gasteiger partial charge in [-0.2, -0.15) is 4.31 Å². The van der Waals surface area contributed by atoms with Crippen molar-refractivity contribution in [1.29, 1.82) is 0 Å². The summed E-state index contributed by atoms with van der Waals surface area (Å²) in [5, 5.41) is 2.75. The first-order chi connectivity index (χ1) is 14.7. The number of nitrogens with one attached hydrogen (secondary N) is 1. The van der Waals surface area contributed by atoms with Crippen LogP contribution in [0, 0.1) is 11.8 Å². The number of amides is 1. The van der Waals surface area contributed by atoms with Crippen LogP contribution in [0.5, 0.6) is 0 Å². The Kier molecular flexibility index (Phi) is 7.75. The van der Waals surface area contributed by atoms with Crippen LogP contribution in [-0.2, 0) is 37.2 Å². The Morgan fingerprint density at radius 1 is 1.10 bits per heavy atom. The second-order valence-corrected chi connectivity index (χ2v) is 11.0. The van der Waals surface area contributed by atoms with Crippen molar-refractivity contribution in [1.82, 2.24) is 9.62 Å². The minimum Gasteiger partial charge on any atom is -0.452 e. The smallest absolute Gasteiger partial charge is 0.309 e. The highest BCUT2D eigenvalue weighted by atomic mass is 32.2. The van der Waals surface area contributed by atoms with Crippen molar-refractivity contribution in [2.24, 2.45) is 11.8 Å². The Hall–Kier alpha value is -1.93. The topological polar surface area (TPSA) is 92.8 Å². The van der Waals surface area contributed by atoms with Crippen molar-refractivity contribution >= 4 is 21.9 Å². The van der Waals surface area contributed by atoms with E-state index in [0.717, 1.165) is 31.2 Å². The maximum absolute atomic E-state index is 13.1. The van der Waals surface area contributed by atoms with Gasteiger partial charge in [0.1, 0.15) is 0 Å². The zero-order valence-electron chi connectivity index (χ0n) is 18.7. The van der Waals surface area contributed by atoms with Gasteiger partial charge in [-0.15, -0.1) is 0 Å². The Labute approximate surface area is 185 Å². The molecule has 7 nitrogen and oxygen atoms in total. The lowest BCUT2D eigenvalue weighted by atomic mass is 9.92. The van der Waals surface area contributed by atoms with Crippen LogP contribution in [0.4, 0.5) is 0 Å². The lowest BCUT2D eigenvalue weighted by Crippen LogP contribution is -2.42. The molecule has 1 unspecified atom stereocenters. The average Bonchev–Trinajstić information content (AvgIpc) is 2.77. The molecule has 0 bridgehead atoms. The fraction of sp³-hybridized carbons (Fsp3) is 0.652. The Morgan fingerprint density at radius 3 is 2.39 bits per heavy atom. The van der Waals surface area contributed by atoms with E-state index >= 15 is 0 Å². The summed E-state index contributed by atoms with van der Waals surface area (Å²) >= 11 is 0. The SMILES string of the molecule is CC(C)CNC(=O)C(C)OC(=O)C1CCN(S(=O)(=O)c2ccc3c(c2)CCCC3)CC1. The summed E-state index contributed by atoms with van der Waals surface area (Å²) in [6.45, 7) is 6.61. The van der Waals surface area contributed by atoms with E-state index in [0.29, 0.717) is 30.2 Å². The van der Waals surface area contributed by atoms with E-state index in [2.05, 4.69) is 5.32 Å². The van der Waals surface area contributed by atoms with E-state index in [4.69, 9.17) is 4.74 Å². The quantitative estimate of drug-likeness (QED) is 0.645. The predicted octanol–water partition coefficient (Wildman–Crippen LogP) is 2.67. The van der Waals surface area contributed by atoms with Crippen molar-refractivity contribution in [2.75, 3.05) is 19.6 Å². The van der Waals surface area contributed by atoms with Crippen LogP contribution in [0.1, 0.15) is 57.6 Å². The molecule has 0 aromatic heterocycles. The second-order valence-electron chi connectivity index (χ2n) is 9.03. The maximum atomic E-state index is 13.1. The van der Waals surface area contributed by atoms with Gasteiger partial charge in [-0.25, -0.2) is 8.42 Å². The van der Waals surface area contributed by atoms with Gasteiger partial charge in [-0.3, -0.25) is 9.59 Å². The summed E-state index contributed by atoms with van der Waals surface area (Å²) < 4.78 is 33.0. The normalized spacial score (nSPS) is 19.0. The van der Waals surface area contributed by atoms with Gasteiger partial charge in [0, 0.05) is 19.6 Å². The molecule has 1 N–H and O–H groups in total. The number of fused-ring (bicyclic) bond motifs is 1. The molecule has 0 radical (unpaired) electrons. The second kappa shape index (κ2) is 10.1. The number of carbonyl (C=O) groups excluding carboxylic acids is 2. The van der Waals surface area contributed by atoms with Crippen LogP contribution in [0.15, 0.2) is 23.1 Å². The Morgan fingerprint density at radius 2 is 1.74 bits per heavy atom. The number of benzene rings is 1. The Balaban J connectivity index is 1.55. The standard InChI is InChI=1S/C23H34N2O5S/c1-16(2)15-24-22(26)17(3)30-23(27)19-10-12-25(13-11-19)31(28,29)21-9-8-18-6-4-5-7-20(18)14-21/h8-9,14,16-17,19H,4-7,10-13,15H2,1-3H3,(H,24,26). The molecule has 1 aliphatic heterocycles. The van der Waals surface area contributed by atoms with E-state index in [9.17, 15) is 18.0 Å². The van der Waals surface area contributed by atoms with Crippen molar-refractivity contribution in [3.63, 3.8) is 0 Å². The summed E-state index contributed by atoms with van der Waals surface area (Å²) in [6, 6.07) is 5.47. The first kappa shape index (κ1) is 23.7. The molecular formula is C23H34N2O5S. The van der Waals surface area contributed by atoms with E-state index in [-0.39, 0.29) is 19.0 Å². The van der Waals surface area contributed by atoms with Crippen LogP contribution in [0.2, 0.25) is 0 Å². The molecule has 1 amide bonds. The highest BCUT2D eigenvalue weighted by Crippen LogP contribution is 2.28. The average molecular weight is 451 g/mol. The van der Waals surface area contributed by atoms with E-state index in [1.807, 2.05) is 26.0 Å². The zero-order valence-corrected chi connectivity index (χ0v) is 19.5. The van der Waals surface area contributed by atoms with Gasteiger partial charge < -0.3 is 10.1 Å². The number of aryl methyl sites for hydroxylation is 2. The fourth-order valence-electron chi connectivity index (χ4n) is 4.12. The third-order valence-corrected chi connectivity index (χ3v) is 7.99. The summed E-state index contributed by atoms with van der Waals surface area (Å²) in [5.74, 6) is -0.823. The lowest BCUT2D eigenvalue weighted by molar-refractivity contribution is -0.159. The molecule has 1 aliphatic carbocycles. The number of nitrogens with zero attached hydrogens (tertiary/aromatic N) is 1. The molecule has 31 heavy (non-hydrogen) atoms. The molecule has 2 aliphatic rings. The van der Waals surface area contributed by atoms with Crippen molar-refractivity contribution in [3.8, 4) is 0 Å². The van der Waals surface area contributed by atoms with Gasteiger partial charge in [-0.05, 0) is 74.6 Å². The summed E-state index contributed by atoms with van der Waals surface area (Å²) in [5.41, 5.74) is 2.38. The highest BCUT2D eigenvalue weighted by Gasteiger charge is 2.34. The molecule has 8 heteroatoms. The first-order valence-electron chi connectivity index (χ1n) is 11.3. The van der Waals surface area contributed by atoms with Crippen LogP contribution in [-0.4, -0.2) is 50.3 Å². The Bertz CT molecular complexity index is 905. The molecule has 3 rings (SSSR count). The van der Waals surface area contributed by atoms with Crippen LogP contribution in [0.3, 0.4) is 0 Å². The molecule has 1 aromatic rings. The van der Waals surface area contributed by atoms with Crippen LogP contribution < -0.4 is 5.32 Å². The number of hydrogen-bond donors (Lipinski definition) is 1. The lowest BCUT2D eigenvalue weighted by Gasteiger charge is -2.31. The summed E-state index contributed by atoms with van der Waals surface area (Å²) in [4.78, 5) is 24.8. The fourth-order valence-corrected chi connectivity index (χ4v) is 5.64. The number of hydrogen-bond acceptors (Lipinski definition) is 5. The van der Waals surface area contributed by atoms with Gasteiger partial charge in [0.2, 0.25) is 10.0 Å². The molecule has 1 fully saturated rings. The van der Waals surface area contributed by atoms with Crippen molar-refractivity contribution < 1.29 is 22.7 Å². The molecule has 0 spiro atoms. The number of esters is 1. The number of ether oxygens (including phenoxy) is 1. The largest absolute Gasteiger partial charge is 0.452 e. The third kappa shape index (κ3) is 5.86. The van der Waals surface area contributed by atoms with E-state index < -0.39 is 28.0 Å². The molecule has 1 atom stereocenters. The van der Waals surface area contributed by atoms with Gasteiger partial charge in [-0.1, -0.05) is 19.9 Å². The highest BCUT2D eigenvalue weighted by molar-refractivity contribution is 7.89.